The molecule has 5 heteroatoms. The van der Waals surface area contributed by atoms with Crippen LogP contribution in [0.2, 0.25) is 0 Å². The van der Waals surface area contributed by atoms with Crippen molar-refractivity contribution in [2.24, 2.45) is 5.92 Å². The van der Waals surface area contributed by atoms with Gasteiger partial charge >= 0.3 is 5.97 Å². The van der Waals surface area contributed by atoms with Crippen molar-refractivity contribution >= 4 is 11.9 Å². The average molecular weight is 291 g/mol. The van der Waals surface area contributed by atoms with Crippen LogP contribution in [-0.2, 0) is 14.3 Å². The number of para-hydroxylation sites is 1. The first-order valence-corrected chi connectivity index (χ1v) is 7.20. The fourth-order valence-corrected chi connectivity index (χ4v) is 2.55. The van der Waals surface area contributed by atoms with Gasteiger partial charge in [-0.1, -0.05) is 18.2 Å². The number of esters is 1. The van der Waals surface area contributed by atoms with Crippen LogP contribution >= 0.6 is 0 Å². The van der Waals surface area contributed by atoms with Crippen molar-refractivity contribution < 1.29 is 19.1 Å². The van der Waals surface area contributed by atoms with Crippen LogP contribution < -0.4 is 4.74 Å². The van der Waals surface area contributed by atoms with Gasteiger partial charge < -0.3 is 14.4 Å². The number of carbonyl (C=O) groups is 2. The number of rotatable bonds is 4. The van der Waals surface area contributed by atoms with Crippen LogP contribution in [0, 0.1) is 5.92 Å². The molecule has 0 spiro atoms. The van der Waals surface area contributed by atoms with Crippen molar-refractivity contribution in [3.8, 4) is 5.75 Å². The summed E-state index contributed by atoms with van der Waals surface area (Å²) in [4.78, 5) is 25.7. The maximum atomic E-state index is 12.4. The zero-order valence-corrected chi connectivity index (χ0v) is 12.5. The predicted octanol–water partition coefficient (Wildman–Crippen LogP) is 1.87. The fourth-order valence-electron chi connectivity index (χ4n) is 2.55. The summed E-state index contributed by atoms with van der Waals surface area (Å²) in [6.45, 7) is 2.81. The second-order valence-electron chi connectivity index (χ2n) is 5.22. The minimum absolute atomic E-state index is 0.0903. The second kappa shape index (κ2) is 7.11. The van der Waals surface area contributed by atoms with E-state index in [0.29, 0.717) is 18.8 Å². The smallest absolute Gasteiger partial charge is 0.310 e. The van der Waals surface area contributed by atoms with Crippen LogP contribution in [-0.4, -0.2) is 43.1 Å². The number of carbonyl (C=O) groups excluding carboxylic acids is 2. The molecule has 1 fully saturated rings. The Morgan fingerprint density at radius 1 is 1.29 bits per heavy atom. The molecule has 1 amide bonds. The molecule has 2 atom stereocenters. The number of hydrogen-bond acceptors (Lipinski definition) is 4. The van der Waals surface area contributed by atoms with Gasteiger partial charge in [-0.15, -0.1) is 0 Å². The van der Waals surface area contributed by atoms with E-state index in [-0.39, 0.29) is 17.8 Å². The summed E-state index contributed by atoms with van der Waals surface area (Å²) in [7, 11) is 1.38. The van der Waals surface area contributed by atoms with Crippen LogP contribution in [0.1, 0.15) is 19.8 Å². The molecule has 1 heterocycles. The molecule has 0 radical (unpaired) electrons. The molecule has 1 aliphatic heterocycles. The lowest BCUT2D eigenvalue weighted by atomic mass is 9.98. The topological polar surface area (TPSA) is 55.8 Å². The van der Waals surface area contributed by atoms with E-state index in [9.17, 15) is 9.59 Å². The molecule has 1 aromatic rings. The molecular weight excluding hydrogens is 270 g/mol. The summed E-state index contributed by atoms with van der Waals surface area (Å²) < 4.78 is 10.4. The van der Waals surface area contributed by atoms with E-state index < -0.39 is 6.10 Å². The quantitative estimate of drug-likeness (QED) is 0.795. The Kier molecular flexibility index (Phi) is 5.20. The maximum Gasteiger partial charge on any atom is 0.310 e. The molecule has 114 valence electrons. The highest BCUT2D eigenvalue weighted by atomic mass is 16.5. The third kappa shape index (κ3) is 3.97. The number of hydrogen-bond donors (Lipinski definition) is 0. The Morgan fingerprint density at radius 2 is 2.00 bits per heavy atom. The molecule has 1 aromatic carbocycles. The number of piperidine rings is 1. The molecule has 5 nitrogen and oxygen atoms in total. The number of benzene rings is 1. The van der Waals surface area contributed by atoms with Crippen molar-refractivity contribution in [1.29, 1.82) is 0 Å². The van der Waals surface area contributed by atoms with Gasteiger partial charge in [0.05, 0.1) is 13.0 Å². The van der Waals surface area contributed by atoms with Crippen molar-refractivity contribution in [3.63, 3.8) is 0 Å². The maximum absolute atomic E-state index is 12.4. The molecule has 0 aromatic heterocycles. The zero-order chi connectivity index (χ0) is 15.2. The molecule has 2 rings (SSSR count). The zero-order valence-electron chi connectivity index (χ0n) is 12.5. The summed E-state index contributed by atoms with van der Waals surface area (Å²) in [6, 6.07) is 9.25. The lowest BCUT2D eigenvalue weighted by Crippen LogP contribution is -2.47. The average Bonchev–Trinajstić information content (AvgIpc) is 2.54. The highest BCUT2D eigenvalue weighted by Gasteiger charge is 2.31. The van der Waals surface area contributed by atoms with E-state index in [0.717, 1.165) is 12.8 Å². The Bertz CT molecular complexity index is 488. The summed E-state index contributed by atoms with van der Waals surface area (Å²) in [5.74, 6) is 0.105. The molecule has 0 N–H and O–H groups in total. The third-order valence-electron chi connectivity index (χ3n) is 3.67. The van der Waals surface area contributed by atoms with E-state index >= 15 is 0 Å². The number of likely N-dealkylation sites (tertiary alicyclic amines) is 1. The van der Waals surface area contributed by atoms with E-state index in [1.807, 2.05) is 30.3 Å². The summed E-state index contributed by atoms with van der Waals surface area (Å²) in [5, 5.41) is 0. The third-order valence-corrected chi connectivity index (χ3v) is 3.67. The molecule has 1 saturated heterocycles. The highest BCUT2D eigenvalue weighted by Crippen LogP contribution is 2.19. The minimum atomic E-state index is -0.566. The van der Waals surface area contributed by atoms with Crippen molar-refractivity contribution in [2.45, 2.75) is 25.9 Å². The standard InChI is InChI=1S/C16H21NO4/c1-12(21-14-8-4-3-5-9-14)15(18)17-10-6-7-13(11-17)16(19)20-2/h3-5,8-9,12-13H,6-7,10-11H2,1-2H3. The highest BCUT2D eigenvalue weighted by molar-refractivity contribution is 5.82. The molecule has 1 aliphatic rings. The molecule has 2 unspecified atom stereocenters. The normalized spacial score (nSPS) is 19.7. The lowest BCUT2D eigenvalue weighted by Gasteiger charge is -2.33. The van der Waals surface area contributed by atoms with Crippen LogP contribution in [0.15, 0.2) is 30.3 Å². The Labute approximate surface area is 124 Å². The SMILES string of the molecule is COC(=O)C1CCCN(C(=O)C(C)Oc2ccccc2)C1. The van der Waals surface area contributed by atoms with Gasteiger partial charge in [0.2, 0.25) is 0 Å². The largest absolute Gasteiger partial charge is 0.481 e. The van der Waals surface area contributed by atoms with Gasteiger partial charge in [0, 0.05) is 13.1 Å². The van der Waals surface area contributed by atoms with Gasteiger partial charge in [0.1, 0.15) is 5.75 Å². The van der Waals surface area contributed by atoms with Gasteiger partial charge in [0.25, 0.3) is 5.91 Å². The van der Waals surface area contributed by atoms with E-state index in [4.69, 9.17) is 9.47 Å². The summed E-state index contributed by atoms with van der Waals surface area (Å²) >= 11 is 0. The predicted molar refractivity (Wildman–Crippen MR) is 77.9 cm³/mol. The first-order valence-electron chi connectivity index (χ1n) is 7.20. The number of amides is 1. The first-order chi connectivity index (χ1) is 10.1. The molecule has 21 heavy (non-hydrogen) atoms. The van der Waals surface area contributed by atoms with Gasteiger partial charge in [-0.3, -0.25) is 9.59 Å². The van der Waals surface area contributed by atoms with Gasteiger partial charge in [-0.25, -0.2) is 0 Å². The number of ether oxygens (including phenoxy) is 2. The summed E-state index contributed by atoms with van der Waals surface area (Å²) in [5.41, 5.74) is 0. The summed E-state index contributed by atoms with van der Waals surface area (Å²) in [6.07, 6.45) is 1.01. The van der Waals surface area contributed by atoms with Crippen LogP contribution in [0.4, 0.5) is 0 Å². The van der Waals surface area contributed by atoms with Crippen LogP contribution in [0.25, 0.3) is 0 Å². The van der Waals surface area contributed by atoms with E-state index in [2.05, 4.69) is 0 Å². The minimum Gasteiger partial charge on any atom is -0.481 e. The van der Waals surface area contributed by atoms with Gasteiger partial charge in [-0.2, -0.15) is 0 Å². The Morgan fingerprint density at radius 3 is 2.67 bits per heavy atom. The van der Waals surface area contributed by atoms with Crippen molar-refractivity contribution in [3.05, 3.63) is 30.3 Å². The molecular formula is C16H21NO4. The number of nitrogens with zero attached hydrogens (tertiary/aromatic N) is 1. The monoisotopic (exact) mass is 291 g/mol. The van der Waals surface area contributed by atoms with Crippen molar-refractivity contribution in [1.82, 2.24) is 4.90 Å². The van der Waals surface area contributed by atoms with Crippen LogP contribution in [0.5, 0.6) is 5.75 Å². The van der Waals surface area contributed by atoms with Gasteiger partial charge in [0.15, 0.2) is 6.10 Å². The number of methoxy groups -OCH3 is 1. The van der Waals surface area contributed by atoms with Crippen LogP contribution in [0.3, 0.4) is 0 Å². The molecule has 0 saturated carbocycles. The molecule has 0 aliphatic carbocycles. The van der Waals surface area contributed by atoms with Gasteiger partial charge in [-0.05, 0) is 31.9 Å². The second-order valence-corrected chi connectivity index (χ2v) is 5.22. The first kappa shape index (κ1) is 15.4. The van der Waals surface area contributed by atoms with E-state index in [1.165, 1.54) is 7.11 Å². The molecule has 0 bridgehead atoms. The fraction of sp³-hybridized carbons (Fsp3) is 0.500. The Balaban J connectivity index is 1.94. The van der Waals surface area contributed by atoms with Crippen molar-refractivity contribution in [2.75, 3.05) is 20.2 Å². The van der Waals surface area contributed by atoms with E-state index in [1.54, 1.807) is 11.8 Å². The Hall–Kier alpha value is -2.04. The lowest BCUT2D eigenvalue weighted by molar-refractivity contribution is -0.150.